The van der Waals surface area contributed by atoms with Crippen LogP contribution in [-0.4, -0.2) is 49.2 Å². The molecule has 9 nitrogen and oxygen atoms in total. The van der Waals surface area contributed by atoms with Crippen molar-refractivity contribution in [3.63, 3.8) is 0 Å². The van der Waals surface area contributed by atoms with E-state index < -0.39 is 17.5 Å². The van der Waals surface area contributed by atoms with Crippen molar-refractivity contribution < 1.29 is 33.3 Å². The molecule has 3 aliphatic heterocycles. The van der Waals surface area contributed by atoms with E-state index in [4.69, 9.17) is 18.9 Å². The van der Waals surface area contributed by atoms with Crippen LogP contribution < -0.4 is 24.3 Å². The Kier molecular flexibility index (Phi) is 4.05. The maximum Gasteiger partial charge on any atom is 0.325 e. The molecule has 3 aliphatic rings. The molecule has 9 heteroatoms. The van der Waals surface area contributed by atoms with Crippen LogP contribution in [0, 0.1) is 0 Å². The van der Waals surface area contributed by atoms with Crippen molar-refractivity contribution in [2.45, 2.75) is 12.5 Å². The predicted molar refractivity (Wildman–Crippen MR) is 102 cm³/mol. The molecule has 1 atom stereocenters. The van der Waals surface area contributed by atoms with Gasteiger partial charge < -0.3 is 24.3 Å². The Labute approximate surface area is 171 Å². The number of carbonyl (C=O) groups excluding carboxylic acids is 3. The van der Waals surface area contributed by atoms with E-state index in [9.17, 15) is 14.4 Å². The summed E-state index contributed by atoms with van der Waals surface area (Å²) in [7, 11) is 0. The quantitative estimate of drug-likeness (QED) is 0.606. The van der Waals surface area contributed by atoms with Gasteiger partial charge in [0, 0.05) is 5.56 Å². The number of imide groups is 1. The summed E-state index contributed by atoms with van der Waals surface area (Å²) in [6.07, 6.45) is 0. The van der Waals surface area contributed by atoms with Crippen LogP contribution in [0.15, 0.2) is 36.4 Å². The number of benzene rings is 2. The molecule has 1 saturated heterocycles. The number of nitrogens with zero attached hydrogens (tertiary/aromatic N) is 1. The highest BCUT2D eigenvalue weighted by atomic mass is 16.7. The number of rotatable bonds is 4. The van der Waals surface area contributed by atoms with Gasteiger partial charge in [0.15, 0.2) is 28.8 Å². The molecule has 2 aromatic carbocycles. The maximum atomic E-state index is 13.1. The number of hydrogen-bond donors (Lipinski definition) is 1. The molecule has 0 bridgehead atoms. The average Bonchev–Trinajstić information content (AvgIpc) is 3.31. The van der Waals surface area contributed by atoms with Crippen molar-refractivity contribution in [1.82, 2.24) is 10.2 Å². The zero-order valence-corrected chi connectivity index (χ0v) is 16.1. The number of Topliss-reactive ketones (excluding diaryl/α,β-unsaturated/α-hetero) is 1. The fraction of sp³-hybridized carbons (Fsp3) is 0.286. The molecule has 0 saturated carbocycles. The summed E-state index contributed by atoms with van der Waals surface area (Å²) in [5, 5.41) is 2.69. The van der Waals surface area contributed by atoms with Crippen LogP contribution >= 0.6 is 0 Å². The third-order valence-electron chi connectivity index (χ3n) is 5.39. The topological polar surface area (TPSA) is 103 Å². The van der Waals surface area contributed by atoms with Gasteiger partial charge in [0.05, 0.1) is 6.54 Å². The first-order valence-corrected chi connectivity index (χ1v) is 9.43. The minimum atomic E-state index is -1.31. The van der Waals surface area contributed by atoms with Gasteiger partial charge in [-0.05, 0) is 42.8 Å². The lowest BCUT2D eigenvalue weighted by molar-refractivity contribution is -0.130. The molecule has 1 N–H and O–H groups in total. The molecule has 0 aliphatic carbocycles. The van der Waals surface area contributed by atoms with Crippen molar-refractivity contribution in [3.8, 4) is 23.0 Å². The molecule has 5 rings (SSSR count). The second-order valence-corrected chi connectivity index (χ2v) is 7.30. The van der Waals surface area contributed by atoms with Crippen LogP contribution in [0.1, 0.15) is 22.8 Å². The van der Waals surface area contributed by atoms with Crippen molar-refractivity contribution in [3.05, 3.63) is 47.5 Å². The Bertz CT molecular complexity index is 1080. The molecule has 0 unspecified atom stereocenters. The van der Waals surface area contributed by atoms with Gasteiger partial charge in [-0.1, -0.05) is 6.07 Å². The van der Waals surface area contributed by atoms with E-state index in [2.05, 4.69) is 5.32 Å². The Hall–Kier alpha value is -3.75. The Morgan fingerprint density at radius 3 is 2.47 bits per heavy atom. The predicted octanol–water partition coefficient (Wildman–Crippen LogP) is 1.84. The van der Waals surface area contributed by atoms with Gasteiger partial charge in [-0.25, -0.2) is 4.79 Å². The zero-order valence-electron chi connectivity index (χ0n) is 16.1. The van der Waals surface area contributed by atoms with Gasteiger partial charge in [-0.15, -0.1) is 0 Å². The normalized spacial score (nSPS) is 21.6. The van der Waals surface area contributed by atoms with E-state index >= 15 is 0 Å². The number of urea groups is 1. The summed E-state index contributed by atoms with van der Waals surface area (Å²) in [6.45, 7) is 2.16. The monoisotopic (exact) mass is 410 g/mol. The number of ketones is 1. The van der Waals surface area contributed by atoms with Crippen molar-refractivity contribution in [2.75, 3.05) is 26.6 Å². The largest absolute Gasteiger partial charge is 0.486 e. The van der Waals surface area contributed by atoms with Crippen LogP contribution in [0.3, 0.4) is 0 Å². The summed E-state index contributed by atoms with van der Waals surface area (Å²) >= 11 is 0. The highest BCUT2D eigenvalue weighted by Crippen LogP contribution is 2.38. The number of hydrogen-bond acceptors (Lipinski definition) is 7. The fourth-order valence-electron chi connectivity index (χ4n) is 3.70. The molecule has 2 aromatic rings. The molecule has 3 amide bonds. The number of carbonyl (C=O) groups is 3. The SMILES string of the molecule is C[C@@]1(c2ccc3c(c2)OCO3)NC(=O)N(CC(=O)c2ccc3c(c2)OCCO3)C1=O. The van der Waals surface area contributed by atoms with E-state index in [1.165, 1.54) is 0 Å². The molecule has 0 aromatic heterocycles. The number of nitrogens with one attached hydrogen (secondary N) is 1. The molecule has 30 heavy (non-hydrogen) atoms. The zero-order chi connectivity index (χ0) is 20.9. The molecule has 0 radical (unpaired) electrons. The van der Waals surface area contributed by atoms with Gasteiger partial charge in [0.25, 0.3) is 5.91 Å². The van der Waals surface area contributed by atoms with Crippen molar-refractivity contribution >= 4 is 17.7 Å². The number of amides is 3. The minimum absolute atomic E-state index is 0.103. The van der Waals surface area contributed by atoms with Crippen LogP contribution in [0.25, 0.3) is 0 Å². The highest BCUT2D eigenvalue weighted by Gasteiger charge is 2.50. The van der Waals surface area contributed by atoms with Crippen LogP contribution in [0.4, 0.5) is 4.79 Å². The van der Waals surface area contributed by atoms with E-state index in [1.54, 1.807) is 43.3 Å². The van der Waals surface area contributed by atoms with Gasteiger partial charge in [-0.2, -0.15) is 0 Å². The Morgan fingerprint density at radius 1 is 0.967 bits per heavy atom. The average molecular weight is 410 g/mol. The molecular formula is C21H18N2O7. The van der Waals surface area contributed by atoms with E-state index in [0.29, 0.717) is 47.3 Å². The summed E-state index contributed by atoms with van der Waals surface area (Å²) in [5.74, 6) is 1.20. The molecule has 3 heterocycles. The molecule has 154 valence electrons. The lowest BCUT2D eigenvalue weighted by Gasteiger charge is -2.22. The van der Waals surface area contributed by atoms with Gasteiger partial charge in [0.1, 0.15) is 18.8 Å². The number of ether oxygens (including phenoxy) is 4. The van der Waals surface area contributed by atoms with E-state index in [1.807, 2.05) is 0 Å². The first kappa shape index (κ1) is 18.3. The van der Waals surface area contributed by atoms with Crippen LogP contribution in [-0.2, 0) is 10.3 Å². The maximum absolute atomic E-state index is 13.1. The van der Waals surface area contributed by atoms with E-state index in [-0.39, 0.29) is 19.1 Å². The van der Waals surface area contributed by atoms with Crippen LogP contribution in [0.5, 0.6) is 23.0 Å². The second kappa shape index (κ2) is 6.65. The first-order chi connectivity index (χ1) is 14.5. The van der Waals surface area contributed by atoms with E-state index in [0.717, 1.165) is 4.90 Å². The molecule has 1 fully saturated rings. The number of fused-ring (bicyclic) bond motifs is 2. The summed E-state index contributed by atoms with van der Waals surface area (Å²) < 4.78 is 21.6. The minimum Gasteiger partial charge on any atom is -0.486 e. The van der Waals surface area contributed by atoms with Gasteiger partial charge in [-0.3, -0.25) is 14.5 Å². The lowest BCUT2D eigenvalue weighted by atomic mass is 9.91. The molecule has 0 spiro atoms. The molecular weight excluding hydrogens is 392 g/mol. The summed E-state index contributed by atoms with van der Waals surface area (Å²) in [4.78, 5) is 39.4. The third kappa shape index (κ3) is 2.81. The summed E-state index contributed by atoms with van der Waals surface area (Å²) in [6, 6.07) is 9.20. The lowest BCUT2D eigenvalue weighted by Crippen LogP contribution is -2.41. The Morgan fingerprint density at radius 2 is 1.63 bits per heavy atom. The van der Waals surface area contributed by atoms with Crippen molar-refractivity contribution in [2.24, 2.45) is 0 Å². The highest BCUT2D eigenvalue weighted by molar-refractivity contribution is 6.11. The fourth-order valence-corrected chi connectivity index (χ4v) is 3.70. The third-order valence-corrected chi connectivity index (χ3v) is 5.39. The first-order valence-electron chi connectivity index (χ1n) is 9.43. The standard InChI is InChI=1S/C21H18N2O7/c1-21(13-3-5-16-18(9-13)30-11-29-16)19(25)23(20(26)22-21)10-14(24)12-2-4-15-17(8-12)28-7-6-27-15/h2-5,8-9H,6-7,10-11H2,1H3,(H,22,26)/t21-/m0/s1. The Balaban J connectivity index is 1.37. The van der Waals surface area contributed by atoms with Gasteiger partial charge in [0.2, 0.25) is 6.79 Å². The smallest absolute Gasteiger partial charge is 0.325 e. The second-order valence-electron chi connectivity index (χ2n) is 7.30. The van der Waals surface area contributed by atoms with Crippen molar-refractivity contribution in [1.29, 1.82) is 0 Å². The van der Waals surface area contributed by atoms with Crippen LogP contribution in [0.2, 0.25) is 0 Å². The summed E-state index contributed by atoms with van der Waals surface area (Å²) in [5.41, 5.74) is -0.443. The van der Waals surface area contributed by atoms with Gasteiger partial charge >= 0.3 is 6.03 Å².